The molecule has 0 bridgehead atoms. The number of nitrogens with zero attached hydrogens (tertiary/aromatic N) is 1. The van der Waals surface area contributed by atoms with Crippen molar-refractivity contribution in [3.05, 3.63) is 40.2 Å². The maximum atomic E-state index is 9.81. The lowest BCUT2D eigenvalue weighted by Gasteiger charge is -1.99. The van der Waals surface area contributed by atoms with Gasteiger partial charge in [0.05, 0.1) is 0 Å². The fourth-order valence-corrected chi connectivity index (χ4v) is 1.54. The lowest BCUT2D eigenvalue weighted by atomic mass is 10.3. The molecule has 0 saturated heterocycles. The summed E-state index contributed by atoms with van der Waals surface area (Å²) in [5.41, 5.74) is 6.37. The van der Waals surface area contributed by atoms with E-state index in [0.717, 1.165) is 0 Å². The quantitative estimate of drug-likeness (QED) is 0.475. The molecule has 7 heteroatoms. The lowest BCUT2D eigenvalue weighted by molar-refractivity contribution is -0.155. The molecule has 0 fully saturated rings. The number of nitrogens with two attached hydrogens (primary N) is 1. The Labute approximate surface area is 127 Å². The number of carbonyl (C=O) groups excluding carboxylic acids is 1. The highest BCUT2D eigenvalue weighted by atomic mass is 32.1. The van der Waals surface area contributed by atoms with Crippen LogP contribution in [0.4, 0.5) is 0 Å². The number of hydrogen-bond donors (Lipinski definition) is 2. The summed E-state index contributed by atoms with van der Waals surface area (Å²) in [6, 6.07) is 4.06. The Kier molecular flexibility index (Phi) is 10.1. The fourth-order valence-electron chi connectivity index (χ4n) is 0.922. The molecule has 1 heterocycles. The van der Waals surface area contributed by atoms with Crippen LogP contribution in [0.1, 0.15) is 11.8 Å². The highest BCUT2D eigenvalue weighted by Crippen LogP contribution is 2.10. The second kappa shape index (κ2) is 11.4. The van der Waals surface area contributed by atoms with Gasteiger partial charge < -0.3 is 15.6 Å². The van der Waals surface area contributed by atoms with Crippen molar-refractivity contribution in [1.82, 2.24) is 0 Å². The highest BCUT2D eigenvalue weighted by Gasteiger charge is 2.08. The van der Waals surface area contributed by atoms with Crippen molar-refractivity contribution < 1.29 is 19.4 Å². The number of allylic oxidation sites excluding steroid dienone is 2. The summed E-state index contributed by atoms with van der Waals surface area (Å²) in [5.74, 6) is -1.14. The minimum Gasteiger partial charge on any atom is -0.479 e. The van der Waals surface area contributed by atoms with Gasteiger partial charge in [-0.15, -0.1) is 11.3 Å². The number of aliphatic imine (C=N–C) groups is 1. The van der Waals surface area contributed by atoms with Gasteiger partial charge >= 0.3 is 5.97 Å². The van der Waals surface area contributed by atoms with Gasteiger partial charge in [-0.05, 0) is 36.6 Å². The van der Waals surface area contributed by atoms with E-state index in [2.05, 4.69) is 9.73 Å². The maximum absolute atomic E-state index is 9.81. The summed E-state index contributed by atoms with van der Waals surface area (Å²) >= 11 is 1.69. The van der Waals surface area contributed by atoms with Crippen LogP contribution in [-0.4, -0.2) is 36.9 Å². The monoisotopic (exact) mass is 310 g/mol. The molecule has 0 saturated carbocycles. The normalized spacial score (nSPS) is 12.8. The summed E-state index contributed by atoms with van der Waals surface area (Å²) < 4.78 is 4.02. The van der Waals surface area contributed by atoms with E-state index in [-0.39, 0.29) is 6.47 Å². The largest absolute Gasteiger partial charge is 0.479 e. The van der Waals surface area contributed by atoms with Gasteiger partial charge in [0.25, 0.3) is 6.47 Å². The van der Waals surface area contributed by atoms with Crippen LogP contribution in [0.15, 0.2) is 40.4 Å². The SMILES string of the molecule is CC(OC=O)C(=O)O.CN=C/C=C(N)/C=C/c1cccs1. The predicted molar refractivity (Wildman–Crippen MR) is 84.3 cm³/mol. The standard InChI is InChI=1S/C10H12N2S.C4H6O4/c1-12-7-6-9(11)4-5-10-3-2-8-13-10;1-3(4(6)7)8-2-5/h2-8H,11H2,1H3;2-3H,1H3,(H,6,7)/b5-4+,9-6-,12-7?;. The zero-order valence-electron chi connectivity index (χ0n) is 11.8. The third kappa shape index (κ3) is 10.1. The molecular formula is C14H18N2O4S. The van der Waals surface area contributed by atoms with Gasteiger partial charge in [0.15, 0.2) is 6.10 Å². The van der Waals surface area contributed by atoms with Gasteiger partial charge in [0.1, 0.15) is 0 Å². The van der Waals surface area contributed by atoms with E-state index in [9.17, 15) is 9.59 Å². The van der Waals surface area contributed by atoms with Gasteiger partial charge in [-0.2, -0.15) is 0 Å². The van der Waals surface area contributed by atoms with E-state index in [4.69, 9.17) is 10.8 Å². The van der Waals surface area contributed by atoms with Crippen molar-refractivity contribution in [2.45, 2.75) is 13.0 Å². The zero-order valence-corrected chi connectivity index (χ0v) is 12.6. The predicted octanol–water partition coefficient (Wildman–Crippen LogP) is 1.94. The molecule has 1 aromatic rings. The molecule has 21 heavy (non-hydrogen) atoms. The van der Waals surface area contributed by atoms with E-state index in [0.29, 0.717) is 5.70 Å². The van der Waals surface area contributed by atoms with E-state index in [1.807, 2.05) is 29.7 Å². The minimum atomic E-state index is -1.14. The van der Waals surface area contributed by atoms with Crippen LogP contribution in [0.25, 0.3) is 6.08 Å². The first kappa shape index (κ1) is 18.6. The maximum Gasteiger partial charge on any atom is 0.344 e. The summed E-state index contributed by atoms with van der Waals surface area (Å²) in [5, 5.41) is 10.1. The molecule has 1 aromatic heterocycles. The van der Waals surface area contributed by atoms with Crippen LogP contribution in [-0.2, 0) is 14.3 Å². The number of carboxylic acid groups (broad SMARTS) is 1. The lowest BCUT2D eigenvalue weighted by Crippen LogP contribution is -2.18. The Morgan fingerprint density at radius 2 is 2.29 bits per heavy atom. The number of carboxylic acids is 1. The average molecular weight is 310 g/mol. The molecule has 0 aliphatic rings. The zero-order chi connectivity index (χ0) is 16.1. The molecule has 3 N–H and O–H groups in total. The second-order valence-electron chi connectivity index (χ2n) is 3.64. The number of carbonyl (C=O) groups is 2. The van der Waals surface area contributed by atoms with Crippen LogP contribution < -0.4 is 5.73 Å². The van der Waals surface area contributed by atoms with Crippen LogP contribution in [0.3, 0.4) is 0 Å². The first-order chi connectivity index (χ1) is 10.0. The number of rotatable bonds is 6. The fraction of sp³-hybridized carbons (Fsp3) is 0.214. The Balaban J connectivity index is 0.000000433. The van der Waals surface area contributed by atoms with Crippen LogP contribution in [0, 0.1) is 0 Å². The summed E-state index contributed by atoms with van der Waals surface area (Å²) in [6.07, 6.45) is 6.26. The molecule has 114 valence electrons. The third-order valence-corrected chi connectivity index (χ3v) is 2.84. The number of ether oxygens (including phenoxy) is 1. The van der Waals surface area contributed by atoms with Crippen molar-refractivity contribution in [2.24, 2.45) is 10.7 Å². The molecule has 0 spiro atoms. The van der Waals surface area contributed by atoms with Crippen molar-refractivity contribution in [3.63, 3.8) is 0 Å². The van der Waals surface area contributed by atoms with E-state index >= 15 is 0 Å². The van der Waals surface area contributed by atoms with E-state index in [1.165, 1.54) is 11.8 Å². The molecule has 6 nitrogen and oxygen atoms in total. The van der Waals surface area contributed by atoms with E-state index < -0.39 is 12.1 Å². The smallest absolute Gasteiger partial charge is 0.344 e. The van der Waals surface area contributed by atoms with Crippen molar-refractivity contribution in [2.75, 3.05) is 7.05 Å². The van der Waals surface area contributed by atoms with Crippen LogP contribution >= 0.6 is 11.3 Å². The first-order valence-electron chi connectivity index (χ1n) is 5.92. The van der Waals surface area contributed by atoms with Gasteiger partial charge in [-0.25, -0.2) is 4.79 Å². The molecule has 1 rings (SSSR count). The van der Waals surface area contributed by atoms with Crippen LogP contribution in [0.5, 0.6) is 0 Å². The van der Waals surface area contributed by atoms with Gasteiger partial charge in [-0.1, -0.05) is 6.07 Å². The van der Waals surface area contributed by atoms with Crippen LogP contribution in [0.2, 0.25) is 0 Å². The molecule has 0 aromatic carbocycles. The Bertz CT molecular complexity index is 507. The second-order valence-corrected chi connectivity index (χ2v) is 4.61. The van der Waals surface area contributed by atoms with Crippen molar-refractivity contribution in [1.29, 1.82) is 0 Å². The number of thiophene rings is 1. The highest BCUT2D eigenvalue weighted by molar-refractivity contribution is 7.10. The molecule has 0 radical (unpaired) electrons. The molecule has 0 aliphatic carbocycles. The Morgan fingerprint density at radius 3 is 2.71 bits per heavy atom. The first-order valence-corrected chi connectivity index (χ1v) is 6.80. The summed E-state index contributed by atoms with van der Waals surface area (Å²) in [6.45, 7) is 1.38. The topological polar surface area (TPSA) is 102 Å². The average Bonchev–Trinajstić information content (AvgIpc) is 2.97. The van der Waals surface area contributed by atoms with Crippen molar-refractivity contribution >= 4 is 36.1 Å². The summed E-state index contributed by atoms with van der Waals surface area (Å²) in [4.78, 5) is 24.2. The number of hydrogen-bond acceptors (Lipinski definition) is 6. The number of aliphatic carboxylic acids is 1. The molecular weight excluding hydrogens is 292 g/mol. The molecule has 0 aliphatic heterocycles. The van der Waals surface area contributed by atoms with Crippen molar-refractivity contribution in [3.8, 4) is 0 Å². The van der Waals surface area contributed by atoms with Gasteiger partial charge in [0.2, 0.25) is 0 Å². The molecule has 1 unspecified atom stereocenters. The third-order valence-electron chi connectivity index (χ3n) is 2.01. The Morgan fingerprint density at radius 1 is 1.57 bits per heavy atom. The Hall–Kier alpha value is -2.41. The molecule has 0 amide bonds. The van der Waals surface area contributed by atoms with E-state index in [1.54, 1.807) is 30.7 Å². The summed E-state index contributed by atoms with van der Waals surface area (Å²) in [7, 11) is 1.72. The van der Waals surface area contributed by atoms with Gasteiger partial charge in [0, 0.05) is 23.8 Å². The minimum absolute atomic E-state index is 0.110. The van der Waals surface area contributed by atoms with Gasteiger partial charge in [-0.3, -0.25) is 9.79 Å². The molecule has 1 atom stereocenters.